The first-order valence-electron chi connectivity index (χ1n) is 9.74. The van der Waals surface area contributed by atoms with Gasteiger partial charge in [-0.2, -0.15) is 5.26 Å². The van der Waals surface area contributed by atoms with E-state index in [2.05, 4.69) is 11.1 Å². The third kappa shape index (κ3) is 3.60. The van der Waals surface area contributed by atoms with Crippen LogP contribution in [0.2, 0.25) is 0 Å². The summed E-state index contributed by atoms with van der Waals surface area (Å²) in [6, 6.07) is 23.3. The predicted molar refractivity (Wildman–Crippen MR) is 119 cm³/mol. The molecule has 5 nitrogen and oxygen atoms in total. The molecule has 152 valence electrons. The van der Waals surface area contributed by atoms with Crippen molar-refractivity contribution in [3.63, 3.8) is 0 Å². The molecule has 4 rings (SSSR count). The van der Waals surface area contributed by atoms with Crippen LogP contribution in [0, 0.1) is 18.3 Å². The Morgan fingerprint density at radius 2 is 1.68 bits per heavy atom. The van der Waals surface area contributed by atoms with Gasteiger partial charge in [-0.05, 0) is 35.7 Å². The number of methoxy groups -OCH3 is 2. The molecule has 2 aliphatic rings. The molecule has 2 aromatic rings. The molecule has 0 spiro atoms. The van der Waals surface area contributed by atoms with Crippen molar-refractivity contribution >= 4 is 5.97 Å². The number of benzene rings is 1. The molecule has 0 bridgehead atoms. The predicted octanol–water partition coefficient (Wildman–Crippen LogP) is 5.50. The lowest BCUT2D eigenvalue weighted by molar-refractivity contribution is 0.0602. The van der Waals surface area contributed by atoms with Crippen molar-refractivity contribution in [1.29, 1.82) is 5.26 Å². The van der Waals surface area contributed by atoms with Gasteiger partial charge < -0.3 is 9.47 Å². The summed E-state index contributed by atoms with van der Waals surface area (Å²) in [5.41, 5.74) is 6.54. The van der Waals surface area contributed by atoms with Crippen LogP contribution in [-0.2, 0) is 4.74 Å². The fourth-order valence-electron chi connectivity index (χ4n) is 3.76. The molecule has 0 aliphatic heterocycles. The van der Waals surface area contributed by atoms with Crippen molar-refractivity contribution in [2.75, 3.05) is 14.2 Å². The number of carbonyl (C=O) groups is 1. The molecule has 0 saturated carbocycles. The molecule has 0 N–H and O–H groups in total. The number of aromatic nitrogens is 1. The molecule has 1 heterocycles. The number of ether oxygens (including phenoxy) is 2. The summed E-state index contributed by atoms with van der Waals surface area (Å²) in [6.07, 6.45) is 0. The third-order valence-corrected chi connectivity index (χ3v) is 5.21. The molecule has 0 radical (unpaired) electrons. The Kier molecular flexibility index (Phi) is 5.38. The highest BCUT2D eigenvalue weighted by atomic mass is 16.5. The average Bonchev–Trinajstić information content (AvgIpc) is 2.98. The first kappa shape index (κ1) is 20.1. The zero-order valence-corrected chi connectivity index (χ0v) is 17.5. The van der Waals surface area contributed by atoms with Crippen LogP contribution in [0.5, 0.6) is 5.88 Å². The highest BCUT2D eigenvalue weighted by molar-refractivity contribution is 6.04. The van der Waals surface area contributed by atoms with Crippen LogP contribution in [-0.4, -0.2) is 25.2 Å². The van der Waals surface area contributed by atoms with Gasteiger partial charge in [0.15, 0.2) is 0 Å². The molecule has 0 fully saturated rings. The van der Waals surface area contributed by atoms with Crippen LogP contribution in [0.3, 0.4) is 0 Å². The summed E-state index contributed by atoms with van der Waals surface area (Å²) >= 11 is 0. The van der Waals surface area contributed by atoms with E-state index in [0.717, 1.165) is 33.4 Å². The Morgan fingerprint density at radius 3 is 2.35 bits per heavy atom. The number of hydrogen-bond donors (Lipinski definition) is 0. The smallest absolute Gasteiger partial charge is 0.338 e. The molecule has 0 amide bonds. The third-order valence-electron chi connectivity index (χ3n) is 5.21. The Labute approximate surface area is 180 Å². The lowest BCUT2D eigenvalue weighted by atomic mass is 9.97. The maximum Gasteiger partial charge on any atom is 0.338 e. The van der Waals surface area contributed by atoms with Gasteiger partial charge in [-0.3, -0.25) is 0 Å². The minimum Gasteiger partial charge on any atom is -0.480 e. The average molecular weight is 408 g/mol. The van der Waals surface area contributed by atoms with Crippen LogP contribution in [0.15, 0.2) is 66.7 Å². The molecule has 31 heavy (non-hydrogen) atoms. The van der Waals surface area contributed by atoms with Crippen LogP contribution in [0.4, 0.5) is 0 Å². The van der Waals surface area contributed by atoms with Crippen molar-refractivity contribution in [3.8, 4) is 45.5 Å². The van der Waals surface area contributed by atoms with Crippen molar-refractivity contribution in [1.82, 2.24) is 4.98 Å². The van der Waals surface area contributed by atoms with Crippen LogP contribution < -0.4 is 4.74 Å². The largest absolute Gasteiger partial charge is 0.480 e. The number of pyridine rings is 1. The highest BCUT2D eigenvalue weighted by Gasteiger charge is 2.24. The molecular formula is C26H20N2O3. The zero-order valence-electron chi connectivity index (χ0n) is 17.5. The van der Waals surface area contributed by atoms with Crippen molar-refractivity contribution in [2.45, 2.75) is 6.92 Å². The number of rotatable bonds is 4. The highest BCUT2D eigenvalue weighted by Crippen LogP contribution is 2.41. The fourth-order valence-corrected chi connectivity index (χ4v) is 3.76. The van der Waals surface area contributed by atoms with E-state index in [-0.39, 0.29) is 5.88 Å². The Hall–Kier alpha value is -4.17. The summed E-state index contributed by atoms with van der Waals surface area (Å²) < 4.78 is 10.5. The maximum atomic E-state index is 12.4. The monoisotopic (exact) mass is 408 g/mol. The molecule has 0 atom stereocenters. The Balaban J connectivity index is 2.02. The van der Waals surface area contributed by atoms with Crippen LogP contribution >= 0.6 is 0 Å². The number of carbonyl (C=O) groups excluding carboxylic acids is 1. The summed E-state index contributed by atoms with van der Waals surface area (Å²) in [6.45, 7) is 2.00. The van der Waals surface area contributed by atoms with Gasteiger partial charge in [0.1, 0.15) is 11.6 Å². The van der Waals surface area contributed by atoms with Gasteiger partial charge in [0.05, 0.1) is 25.5 Å². The van der Waals surface area contributed by atoms with Gasteiger partial charge in [-0.25, -0.2) is 9.78 Å². The number of esters is 1. The molecule has 1 aromatic heterocycles. The van der Waals surface area contributed by atoms with Crippen LogP contribution in [0.1, 0.15) is 21.5 Å². The van der Waals surface area contributed by atoms with Gasteiger partial charge >= 0.3 is 5.97 Å². The molecular weight excluding hydrogens is 388 g/mol. The molecule has 0 saturated heterocycles. The SMILES string of the molecule is COC(=O)c1cc(-c2cc(-c3cccc(C)c3)c(C#N)c(OC)n2)c2cccccc1-2. The summed E-state index contributed by atoms with van der Waals surface area (Å²) in [7, 11) is 2.86. The lowest BCUT2D eigenvalue weighted by Gasteiger charge is -2.12. The first-order valence-corrected chi connectivity index (χ1v) is 9.74. The van der Waals surface area contributed by atoms with Crippen molar-refractivity contribution < 1.29 is 14.3 Å². The fraction of sp³-hybridized carbons (Fsp3) is 0.115. The summed E-state index contributed by atoms with van der Waals surface area (Å²) in [5, 5.41) is 9.80. The molecule has 1 aromatic carbocycles. The standard InChI is InChI=1S/C26H20N2O3/c1-16-8-7-9-17(12-16)20-14-24(28-25(30-2)23(20)15-27)21-13-22(26(29)31-3)19-11-6-4-5-10-18(19)21/h4-14H,1-3H3. The van der Waals surface area contributed by atoms with E-state index < -0.39 is 5.97 Å². The molecule has 2 aliphatic carbocycles. The zero-order chi connectivity index (χ0) is 22.0. The Bertz CT molecular complexity index is 1300. The Morgan fingerprint density at radius 1 is 0.903 bits per heavy atom. The summed E-state index contributed by atoms with van der Waals surface area (Å²) in [4.78, 5) is 17.0. The minimum atomic E-state index is -0.415. The van der Waals surface area contributed by atoms with Crippen molar-refractivity contribution in [3.05, 3.63) is 83.4 Å². The number of aryl methyl sites for hydroxylation is 1. The van der Waals surface area contributed by atoms with E-state index in [0.29, 0.717) is 16.8 Å². The second kappa shape index (κ2) is 8.29. The minimum absolute atomic E-state index is 0.241. The second-order valence-electron chi connectivity index (χ2n) is 7.12. The first-order chi connectivity index (χ1) is 15.1. The van der Waals surface area contributed by atoms with E-state index in [1.54, 1.807) is 6.07 Å². The molecule has 5 heteroatoms. The van der Waals surface area contributed by atoms with E-state index in [1.165, 1.54) is 14.2 Å². The number of fused-ring (bicyclic) bond motifs is 1. The second-order valence-corrected chi connectivity index (χ2v) is 7.12. The van der Waals surface area contributed by atoms with Gasteiger partial charge in [0, 0.05) is 11.1 Å². The number of nitrogens with zero attached hydrogens (tertiary/aromatic N) is 2. The van der Waals surface area contributed by atoms with Gasteiger partial charge in [0.25, 0.3) is 0 Å². The van der Waals surface area contributed by atoms with Gasteiger partial charge in [-0.15, -0.1) is 0 Å². The van der Waals surface area contributed by atoms with Gasteiger partial charge in [-0.1, -0.05) is 60.2 Å². The van der Waals surface area contributed by atoms with E-state index in [1.807, 2.05) is 67.6 Å². The van der Waals surface area contributed by atoms with E-state index >= 15 is 0 Å². The quantitative estimate of drug-likeness (QED) is 0.417. The lowest BCUT2D eigenvalue weighted by Crippen LogP contribution is -2.00. The number of hydrogen-bond acceptors (Lipinski definition) is 5. The van der Waals surface area contributed by atoms with E-state index in [9.17, 15) is 10.1 Å². The normalized spacial score (nSPS) is 10.5. The molecule has 0 unspecified atom stereocenters. The van der Waals surface area contributed by atoms with Crippen molar-refractivity contribution in [2.24, 2.45) is 0 Å². The maximum absolute atomic E-state index is 12.4. The van der Waals surface area contributed by atoms with Crippen LogP contribution in [0.25, 0.3) is 33.5 Å². The summed E-state index contributed by atoms with van der Waals surface area (Å²) in [5.74, 6) is -0.173. The number of nitriles is 1. The van der Waals surface area contributed by atoms with E-state index in [4.69, 9.17) is 9.47 Å². The topological polar surface area (TPSA) is 72.2 Å². The van der Waals surface area contributed by atoms with Gasteiger partial charge in [0.2, 0.25) is 5.88 Å².